The van der Waals surface area contributed by atoms with Crippen molar-refractivity contribution in [3.05, 3.63) is 42.2 Å². The molecule has 8 nitrogen and oxygen atoms in total. The maximum atomic E-state index is 11.5. The largest absolute Gasteiger partial charge is 0.508 e. The third-order valence-corrected chi connectivity index (χ3v) is 6.72. The first-order valence-electron chi connectivity index (χ1n) is 12.9. The average molecular weight is 485 g/mol. The van der Waals surface area contributed by atoms with Crippen LogP contribution in [0.15, 0.2) is 36.7 Å². The van der Waals surface area contributed by atoms with Crippen LogP contribution in [0.3, 0.4) is 0 Å². The van der Waals surface area contributed by atoms with Gasteiger partial charge >= 0.3 is 6.16 Å². The van der Waals surface area contributed by atoms with Gasteiger partial charge in [-0.3, -0.25) is 0 Å². The first kappa shape index (κ1) is 25.4. The highest BCUT2D eigenvalue weighted by Crippen LogP contribution is 2.46. The van der Waals surface area contributed by atoms with Gasteiger partial charge < -0.3 is 24.1 Å². The number of benzene rings is 1. The Hall–Kier alpha value is -2.71. The molecule has 190 valence electrons. The maximum Gasteiger partial charge on any atom is 0.508 e. The van der Waals surface area contributed by atoms with E-state index in [2.05, 4.69) is 16.9 Å². The molecule has 0 bridgehead atoms. The van der Waals surface area contributed by atoms with E-state index in [0.717, 1.165) is 44.1 Å². The van der Waals surface area contributed by atoms with Gasteiger partial charge in [-0.15, -0.1) is 0 Å². The van der Waals surface area contributed by atoms with Crippen LogP contribution in [0.1, 0.15) is 83.1 Å². The molecule has 1 aliphatic heterocycles. The third-order valence-electron chi connectivity index (χ3n) is 6.72. The number of nitrogens with zero attached hydrogens (tertiary/aromatic N) is 2. The SMILES string of the molecule is CCCCCCCCOc1cnc(-c2ccc([C@@]3(OC(=O)O)COC4(CCCCC4)O3)cc2)nc1. The summed E-state index contributed by atoms with van der Waals surface area (Å²) < 4.78 is 23.3. The molecule has 0 unspecified atom stereocenters. The zero-order chi connectivity index (χ0) is 24.6. The minimum Gasteiger partial charge on any atom is -0.490 e. The summed E-state index contributed by atoms with van der Waals surface area (Å²) in [5.41, 5.74) is 1.39. The predicted molar refractivity (Wildman–Crippen MR) is 130 cm³/mol. The fourth-order valence-corrected chi connectivity index (χ4v) is 4.80. The first-order valence-corrected chi connectivity index (χ1v) is 12.9. The molecule has 1 aliphatic carbocycles. The molecule has 1 spiro atoms. The quantitative estimate of drug-likeness (QED) is 0.287. The monoisotopic (exact) mass is 484 g/mol. The zero-order valence-electron chi connectivity index (χ0n) is 20.5. The Morgan fingerprint density at radius 2 is 1.69 bits per heavy atom. The molecule has 0 radical (unpaired) electrons. The number of hydrogen-bond acceptors (Lipinski definition) is 7. The van der Waals surface area contributed by atoms with Crippen molar-refractivity contribution in [1.82, 2.24) is 9.97 Å². The summed E-state index contributed by atoms with van der Waals surface area (Å²) in [6.07, 6.45) is 13.8. The van der Waals surface area contributed by atoms with E-state index >= 15 is 0 Å². The topological polar surface area (TPSA) is 100 Å². The summed E-state index contributed by atoms with van der Waals surface area (Å²) in [4.78, 5) is 20.4. The third kappa shape index (κ3) is 6.49. The Morgan fingerprint density at radius 3 is 2.37 bits per heavy atom. The molecular formula is C27H36N2O6. The number of unbranched alkanes of at least 4 members (excludes halogenated alkanes) is 5. The molecular weight excluding hydrogens is 448 g/mol. The van der Waals surface area contributed by atoms with Crippen molar-refractivity contribution in [1.29, 1.82) is 0 Å². The van der Waals surface area contributed by atoms with Crippen molar-refractivity contribution in [2.75, 3.05) is 13.2 Å². The van der Waals surface area contributed by atoms with E-state index < -0.39 is 17.7 Å². The average Bonchev–Trinajstić information content (AvgIpc) is 3.22. The standard InChI is InChI=1S/C27H36N2O6/c1-2-3-4-5-6-10-17-32-23-18-28-24(29-19-23)21-11-13-22(14-12-21)27(34-25(30)31)20-33-26(35-27)15-8-7-9-16-26/h11-14,18-19H,2-10,15-17,20H2,1H3,(H,30,31)/t27-/m1/s1. The maximum absolute atomic E-state index is 11.5. The summed E-state index contributed by atoms with van der Waals surface area (Å²) in [5.74, 6) is -1.04. The summed E-state index contributed by atoms with van der Waals surface area (Å²) in [5, 5.41) is 9.38. The minimum absolute atomic E-state index is 0.0276. The Morgan fingerprint density at radius 1 is 1.00 bits per heavy atom. The van der Waals surface area contributed by atoms with Crippen LogP contribution in [0.25, 0.3) is 11.4 Å². The van der Waals surface area contributed by atoms with E-state index in [1.807, 2.05) is 12.1 Å². The predicted octanol–water partition coefficient (Wildman–Crippen LogP) is 6.44. The normalized spacial score (nSPS) is 21.2. The lowest BCUT2D eigenvalue weighted by molar-refractivity contribution is -0.264. The number of rotatable bonds is 11. The van der Waals surface area contributed by atoms with Gasteiger partial charge in [0.25, 0.3) is 5.79 Å². The summed E-state index contributed by atoms with van der Waals surface area (Å²) >= 11 is 0. The molecule has 1 aromatic heterocycles. The Labute approximate surface area is 207 Å². The summed E-state index contributed by atoms with van der Waals surface area (Å²) in [6.45, 7) is 2.91. The number of aromatic nitrogens is 2. The van der Waals surface area contributed by atoms with Gasteiger partial charge in [0, 0.05) is 24.0 Å². The van der Waals surface area contributed by atoms with Crippen LogP contribution in [-0.4, -0.2) is 40.2 Å². The van der Waals surface area contributed by atoms with Gasteiger partial charge in [-0.1, -0.05) is 69.7 Å². The second kappa shape index (κ2) is 11.8. The van der Waals surface area contributed by atoms with Crippen LogP contribution < -0.4 is 4.74 Å². The van der Waals surface area contributed by atoms with E-state index in [4.69, 9.17) is 18.9 Å². The Kier molecular flexibility index (Phi) is 8.57. The van der Waals surface area contributed by atoms with Crippen LogP contribution in [0.2, 0.25) is 0 Å². The lowest BCUT2D eigenvalue weighted by Gasteiger charge is -2.34. The Balaban J connectivity index is 1.37. The number of carboxylic acid groups (broad SMARTS) is 1. The van der Waals surface area contributed by atoms with Crippen molar-refractivity contribution in [2.45, 2.75) is 89.1 Å². The molecule has 1 N–H and O–H groups in total. The highest BCUT2D eigenvalue weighted by molar-refractivity contribution is 5.59. The molecule has 1 saturated heterocycles. The Bertz CT molecular complexity index is 943. The van der Waals surface area contributed by atoms with Crippen LogP contribution in [0.4, 0.5) is 4.79 Å². The second-order valence-electron chi connectivity index (χ2n) is 9.42. The van der Waals surface area contributed by atoms with Crippen LogP contribution in [0.5, 0.6) is 5.75 Å². The van der Waals surface area contributed by atoms with Crippen molar-refractivity contribution in [3.8, 4) is 17.1 Å². The van der Waals surface area contributed by atoms with Crippen molar-refractivity contribution < 1.29 is 28.8 Å². The van der Waals surface area contributed by atoms with Gasteiger partial charge in [0.2, 0.25) is 0 Å². The van der Waals surface area contributed by atoms with E-state index in [9.17, 15) is 9.90 Å². The smallest absolute Gasteiger partial charge is 0.490 e. The van der Waals surface area contributed by atoms with Gasteiger partial charge in [0.1, 0.15) is 6.61 Å². The lowest BCUT2D eigenvalue weighted by atomic mass is 9.94. The first-order chi connectivity index (χ1) is 17.0. The molecule has 2 heterocycles. The van der Waals surface area contributed by atoms with E-state index in [1.165, 1.54) is 32.1 Å². The van der Waals surface area contributed by atoms with Crippen molar-refractivity contribution in [3.63, 3.8) is 0 Å². The number of hydrogen-bond donors (Lipinski definition) is 1. The lowest BCUT2D eigenvalue weighted by Crippen LogP contribution is -2.39. The van der Waals surface area contributed by atoms with Gasteiger partial charge in [-0.05, 0) is 19.3 Å². The van der Waals surface area contributed by atoms with Crippen LogP contribution >= 0.6 is 0 Å². The highest BCUT2D eigenvalue weighted by atomic mass is 16.9. The van der Waals surface area contributed by atoms with E-state index in [1.54, 1.807) is 24.5 Å². The fraction of sp³-hybridized carbons (Fsp3) is 0.593. The van der Waals surface area contributed by atoms with E-state index in [-0.39, 0.29) is 6.61 Å². The second-order valence-corrected chi connectivity index (χ2v) is 9.42. The van der Waals surface area contributed by atoms with Gasteiger partial charge in [0.15, 0.2) is 17.4 Å². The molecule has 1 atom stereocenters. The molecule has 8 heteroatoms. The highest BCUT2D eigenvalue weighted by Gasteiger charge is 2.54. The minimum atomic E-state index is -1.48. The molecule has 2 aromatic rings. The van der Waals surface area contributed by atoms with Gasteiger partial charge in [0.05, 0.1) is 19.0 Å². The van der Waals surface area contributed by atoms with Crippen molar-refractivity contribution in [2.24, 2.45) is 0 Å². The van der Waals surface area contributed by atoms with Crippen LogP contribution in [0, 0.1) is 0 Å². The molecule has 2 fully saturated rings. The molecule has 1 aromatic carbocycles. The zero-order valence-corrected chi connectivity index (χ0v) is 20.5. The molecule has 4 rings (SSSR count). The summed E-state index contributed by atoms with van der Waals surface area (Å²) in [6, 6.07) is 7.25. The number of ether oxygens (including phenoxy) is 4. The molecule has 2 aliphatic rings. The fourth-order valence-electron chi connectivity index (χ4n) is 4.80. The van der Waals surface area contributed by atoms with Crippen LogP contribution in [-0.2, 0) is 20.0 Å². The molecule has 0 amide bonds. The van der Waals surface area contributed by atoms with E-state index in [0.29, 0.717) is 23.7 Å². The van der Waals surface area contributed by atoms with Gasteiger partial charge in [-0.25, -0.2) is 14.8 Å². The number of carbonyl (C=O) groups is 1. The van der Waals surface area contributed by atoms with Crippen molar-refractivity contribution >= 4 is 6.16 Å². The summed E-state index contributed by atoms with van der Waals surface area (Å²) in [7, 11) is 0. The molecule has 1 saturated carbocycles. The van der Waals surface area contributed by atoms with Gasteiger partial charge in [-0.2, -0.15) is 0 Å². The molecule has 35 heavy (non-hydrogen) atoms.